The number of fused-ring (bicyclic) bond motifs is 2. The van der Waals surface area contributed by atoms with Crippen molar-refractivity contribution in [2.45, 2.75) is 95.7 Å². The van der Waals surface area contributed by atoms with Crippen LogP contribution in [0.5, 0.6) is 0 Å². The molecule has 1 aliphatic carbocycles. The molecule has 0 radical (unpaired) electrons. The van der Waals surface area contributed by atoms with Crippen molar-refractivity contribution in [2.75, 3.05) is 0 Å². The quantitative estimate of drug-likeness (QED) is 0.323. The minimum atomic E-state index is -1.46. The molecule has 0 aromatic carbocycles. The maximum absolute atomic E-state index is 12.6. The third-order valence-corrected chi connectivity index (χ3v) is 7.94. The lowest BCUT2D eigenvalue weighted by atomic mass is 9.58. The Morgan fingerprint density at radius 3 is 2.54 bits per heavy atom. The minimum Gasteiger partial charge on any atom is -0.480 e. The van der Waals surface area contributed by atoms with Gasteiger partial charge in [0.25, 0.3) is 0 Å². The van der Waals surface area contributed by atoms with Crippen molar-refractivity contribution in [3.63, 3.8) is 0 Å². The second kappa shape index (κ2) is 9.64. The molecule has 2 bridgehead atoms. The van der Waals surface area contributed by atoms with E-state index in [9.17, 15) is 19.2 Å². The van der Waals surface area contributed by atoms with Gasteiger partial charge in [-0.1, -0.05) is 13.8 Å². The number of nitrogens with one attached hydrogen (secondary N) is 1. The topological polar surface area (TPSA) is 173 Å². The Bertz CT molecular complexity index is 882. The second-order valence-corrected chi connectivity index (χ2v) is 10.4. The van der Waals surface area contributed by atoms with Gasteiger partial charge >= 0.3 is 11.9 Å². The van der Waals surface area contributed by atoms with E-state index in [0.717, 1.165) is 19.3 Å². The van der Waals surface area contributed by atoms with Crippen molar-refractivity contribution in [1.29, 1.82) is 0 Å². The van der Waals surface area contributed by atoms with Crippen LogP contribution in [0.3, 0.4) is 0 Å². The minimum absolute atomic E-state index is 0.0173. The number of carbonyl (C=O) groups is 4. The summed E-state index contributed by atoms with van der Waals surface area (Å²) in [4.78, 5) is 58.6. The predicted molar refractivity (Wildman–Crippen MR) is 116 cm³/mol. The summed E-state index contributed by atoms with van der Waals surface area (Å²) in [6.07, 6.45) is 0.584. The summed E-state index contributed by atoms with van der Waals surface area (Å²) >= 11 is 0. The summed E-state index contributed by atoms with van der Waals surface area (Å²) in [5, 5.41) is 11.3. The van der Waals surface area contributed by atoms with Crippen LogP contribution in [0.4, 0.5) is 0 Å². The van der Waals surface area contributed by atoms with Crippen molar-refractivity contribution in [3.05, 3.63) is 0 Å². The number of hydrogen-bond donors (Lipinski definition) is 3. The van der Waals surface area contributed by atoms with Gasteiger partial charge in [-0.2, -0.15) is 0 Å². The Hall–Kier alpha value is -2.28. The number of primary amides is 1. The molecule has 4 aliphatic heterocycles. The van der Waals surface area contributed by atoms with E-state index in [1.807, 2.05) is 6.92 Å². The smallest absolute Gasteiger partial charge is 0.326 e. The maximum atomic E-state index is 12.6. The van der Waals surface area contributed by atoms with Gasteiger partial charge in [-0.3, -0.25) is 14.4 Å². The highest BCUT2D eigenvalue weighted by molar-refractivity contribution is 5.89. The van der Waals surface area contributed by atoms with E-state index in [2.05, 4.69) is 12.2 Å². The van der Waals surface area contributed by atoms with E-state index in [4.69, 9.17) is 34.8 Å². The fourth-order valence-electron chi connectivity index (χ4n) is 6.08. The van der Waals surface area contributed by atoms with Crippen LogP contribution in [0, 0.1) is 23.7 Å². The number of aliphatic carboxylic acids is 1. The van der Waals surface area contributed by atoms with Crippen LogP contribution in [-0.2, 0) is 43.2 Å². The SMILES string of the molecule is C[C@H]1[C@H](OC(=O)CCC(=O)N[C@@H](CC(N)=O)C(=O)O)O[C@@H]2O[C@@]3(C)CC[C@H]4[C@H](C)CC[C@@H]1[C@@]24OO3. The molecule has 5 aliphatic rings. The Morgan fingerprint density at radius 1 is 1.11 bits per heavy atom. The lowest BCUT2D eigenvalue weighted by Crippen LogP contribution is -2.70. The zero-order valence-corrected chi connectivity index (χ0v) is 20.2. The number of hydrogen-bond acceptors (Lipinski definition) is 9. The Morgan fingerprint density at radius 2 is 1.86 bits per heavy atom. The third kappa shape index (κ3) is 4.89. The van der Waals surface area contributed by atoms with Crippen LogP contribution >= 0.6 is 0 Å². The lowest BCUT2D eigenvalue weighted by molar-refractivity contribution is -0.576. The summed E-state index contributed by atoms with van der Waals surface area (Å²) in [7, 11) is 0. The molecule has 5 rings (SSSR count). The van der Waals surface area contributed by atoms with E-state index >= 15 is 0 Å². The molecule has 1 spiro atoms. The van der Waals surface area contributed by atoms with E-state index in [-0.39, 0.29) is 30.6 Å². The average Bonchev–Trinajstić information content (AvgIpc) is 3.01. The van der Waals surface area contributed by atoms with Gasteiger partial charge in [0, 0.05) is 24.7 Å². The molecule has 12 nitrogen and oxygen atoms in total. The highest BCUT2D eigenvalue weighted by atomic mass is 17.3. The van der Waals surface area contributed by atoms with Gasteiger partial charge in [0.2, 0.25) is 23.9 Å². The molecule has 1 saturated carbocycles. The molecule has 12 heteroatoms. The van der Waals surface area contributed by atoms with Crippen molar-refractivity contribution in [2.24, 2.45) is 29.4 Å². The van der Waals surface area contributed by atoms with Gasteiger partial charge in [0.1, 0.15) is 6.04 Å². The summed E-state index contributed by atoms with van der Waals surface area (Å²) in [6, 6.07) is -1.46. The van der Waals surface area contributed by atoms with E-state index in [1.54, 1.807) is 6.92 Å². The average molecular weight is 499 g/mol. The highest BCUT2D eigenvalue weighted by Crippen LogP contribution is 2.60. The number of ether oxygens (including phenoxy) is 3. The van der Waals surface area contributed by atoms with E-state index in [0.29, 0.717) is 12.3 Å². The Balaban J connectivity index is 1.38. The van der Waals surface area contributed by atoms with Gasteiger partial charge in [0.05, 0.1) is 12.8 Å². The van der Waals surface area contributed by atoms with E-state index < -0.39 is 60.2 Å². The molecule has 0 aromatic rings. The summed E-state index contributed by atoms with van der Waals surface area (Å²) < 4.78 is 18.0. The van der Waals surface area contributed by atoms with Gasteiger partial charge in [-0.15, -0.1) is 0 Å². The highest BCUT2D eigenvalue weighted by Gasteiger charge is 2.69. The van der Waals surface area contributed by atoms with Crippen molar-refractivity contribution < 1.29 is 48.3 Å². The first kappa shape index (κ1) is 25.8. The molecule has 4 saturated heterocycles. The summed E-state index contributed by atoms with van der Waals surface area (Å²) in [6.45, 7) is 5.95. The van der Waals surface area contributed by atoms with Crippen LogP contribution in [0.15, 0.2) is 0 Å². The van der Waals surface area contributed by atoms with Crippen LogP contribution < -0.4 is 11.1 Å². The van der Waals surface area contributed by atoms with Crippen molar-refractivity contribution >= 4 is 23.8 Å². The van der Waals surface area contributed by atoms with Crippen LogP contribution in [0.1, 0.15) is 65.7 Å². The molecule has 9 atom stereocenters. The fourth-order valence-corrected chi connectivity index (χ4v) is 6.08. The largest absolute Gasteiger partial charge is 0.480 e. The Labute approximate surface area is 203 Å². The van der Waals surface area contributed by atoms with Crippen LogP contribution in [0.2, 0.25) is 0 Å². The Kier molecular flexibility index (Phi) is 7.11. The predicted octanol–water partition coefficient (Wildman–Crippen LogP) is 0.963. The number of carboxylic acid groups (broad SMARTS) is 1. The number of carboxylic acids is 1. The number of carbonyl (C=O) groups excluding carboxylic acids is 3. The normalized spacial score (nSPS) is 40.7. The third-order valence-electron chi connectivity index (χ3n) is 7.94. The monoisotopic (exact) mass is 498 g/mol. The fraction of sp³-hybridized carbons (Fsp3) is 0.826. The zero-order chi connectivity index (χ0) is 25.5. The first-order valence-electron chi connectivity index (χ1n) is 12.2. The molecule has 196 valence electrons. The number of rotatable bonds is 8. The lowest BCUT2D eigenvalue weighted by Gasteiger charge is -2.59. The van der Waals surface area contributed by atoms with E-state index in [1.165, 1.54) is 0 Å². The first-order chi connectivity index (χ1) is 16.4. The van der Waals surface area contributed by atoms with Gasteiger partial charge < -0.3 is 30.4 Å². The molecule has 35 heavy (non-hydrogen) atoms. The zero-order valence-electron chi connectivity index (χ0n) is 20.2. The molecular weight excluding hydrogens is 464 g/mol. The standard InChI is InChI=1S/C23H34N2O10/c1-11-4-5-14-12(2)20(32-21-23(14)13(11)8-9-22(3,33-21)34-35-23)31-18(28)7-6-17(27)25-15(19(29)30)10-16(24)26/h11-15,20-21H,4-10H2,1-3H3,(H2,24,26)(H,25,27)(H,29,30)/t11-,12-,13+,14+,15+,20-,21-,22-,23-/m1/s1. The van der Waals surface area contributed by atoms with Crippen molar-refractivity contribution in [1.82, 2.24) is 5.32 Å². The maximum Gasteiger partial charge on any atom is 0.326 e. The molecule has 4 N–H and O–H groups in total. The number of nitrogens with two attached hydrogens (primary N) is 1. The number of esters is 1. The van der Waals surface area contributed by atoms with Gasteiger partial charge in [-0.05, 0) is 38.0 Å². The summed E-state index contributed by atoms with van der Waals surface area (Å²) in [5.74, 6) is -4.23. The summed E-state index contributed by atoms with van der Waals surface area (Å²) in [5.41, 5.74) is 4.23. The van der Waals surface area contributed by atoms with Crippen molar-refractivity contribution in [3.8, 4) is 0 Å². The molecule has 0 aromatic heterocycles. The molecule has 2 amide bonds. The van der Waals surface area contributed by atoms with Crippen LogP contribution in [-0.4, -0.2) is 58.9 Å². The molecule has 4 heterocycles. The molecular formula is C23H34N2O10. The molecule has 0 unspecified atom stereocenters. The molecule has 5 fully saturated rings. The second-order valence-electron chi connectivity index (χ2n) is 10.4. The number of amides is 2. The van der Waals surface area contributed by atoms with Crippen LogP contribution in [0.25, 0.3) is 0 Å². The van der Waals surface area contributed by atoms with Gasteiger partial charge in [0.15, 0.2) is 11.9 Å². The van der Waals surface area contributed by atoms with Gasteiger partial charge in [-0.25, -0.2) is 14.6 Å². The first-order valence-corrected chi connectivity index (χ1v) is 12.2.